The molecule has 1 aliphatic heterocycles. The van der Waals surface area contributed by atoms with Crippen LogP contribution in [0.5, 0.6) is 0 Å². The molecule has 1 aromatic carbocycles. The molecule has 0 bridgehead atoms. The fourth-order valence-electron chi connectivity index (χ4n) is 4.75. The fourth-order valence-corrected chi connectivity index (χ4v) is 7.36. The molecule has 1 atom stereocenters. The number of carbonyl (C=O) groups is 1. The summed E-state index contributed by atoms with van der Waals surface area (Å²) in [6, 6.07) is 11.3. The lowest BCUT2D eigenvalue weighted by Gasteiger charge is -2.16. The smallest absolute Gasteiger partial charge is 0.263 e. The molecule has 5 rings (SSSR count). The van der Waals surface area contributed by atoms with Crippen molar-refractivity contribution in [3.8, 4) is 11.1 Å². The number of hydrogen-bond acceptors (Lipinski definition) is 6. The van der Waals surface area contributed by atoms with Gasteiger partial charge < -0.3 is 4.57 Å². The summed E-state index contributed by atoms with van der Waals surface area (Å²) in [4.78, 5) is 31.6. The Morgan fingerprint density at radius 2 is 1.97 bits per heavy atom. The number of hydrogen-bond donors (Lipinski definition) is 0. The van der Waals surface area contributed by atoms with E-state index in [0.29, 0.717) is 22.2 Å². The Balaban J connectivity index is 1.49. The molecule has 9 heteroatoms. The summed E-state index contributed by atoms with van der Waals surface area (Å²) in [5.74, 6) is 0.0657. The number of Topliss-reactive ketones (excluding diaryl/α,β-unsaturated/α-hetero) is 1. The Labute approximate surface area is 195 Å². The van der Waals surface area contributed by atoms with E-state index in [1.165, 1.54) is 22.2 Å². The molecule has 3 aromatic heterocycles. The highest BCUT2D eigenvalue weighted by Gasteiger charge is 2.31. The molecule has 1 saturated heterocycles. The largest absolute Gasteiger partial charge is 0.344 e. The molecule has 1 aliphatic rings. The molecule has 33 heavy (non-hydrogen) atoms. The van der Waals surface area contributed by atoms with E-state index in [2.05, 4.69) is 4.98 Å². The van der Waals surface area contributed by atoms with Crippen molar-refractivity contribution in [2.45, 2.75) is 32.9 Å². The summed E-state index contributed by atoms with van der Waals surface area (Å²) < 4.78 is 27.2. The number of benzene rings is 1. The summed E-state index contributed by atoms with van der Waals surface area (Å²) >= 11 is 1.41. The zero-order valence-corrected chi connectivity index (χ0v) is 19.9. The Kier molecular flexibility index (Phi) is 5.33. The third-order valence-corrected chi connectivity index (χ3v) is 8.95. The average Bonchev–Trinajstić information content (AvgIpc) is 3.45. The number of sulfone groups is 1. The molecule has 0 saturated carbocycles. The van der Waals surface area contributed by atoms with Crippen molar-refractivity contribution in [3.05, 3.63) is 75.4 Å². The molecular formula is C24H23N3O4S2. The second-order valence-corrected chi connectivity index (χ2v) is 11.6. The van der Waals surface area contributed by atoms with E-state index in [1.807, 2.05) is 54.1 Å². The maximum absolute atomic E-state index is 13.3. The number of carbonyl (C=O) groups excluding carboxylic acids is 1. The predicted octanol–water partition coefficient (Wildman–Crippen LogP) is 3.79. The van der Waals surface area contributed by atoms with Crippen LogP contribution < -0.4 is 5.56 Å². The van der Waals surface area contributed by atoms with E-state index in [0.717, 1.165) is 22.5 Å². The number of aryl methyl sites for hydroxylation is 1. The minimum atomic E-state index is -3.04. The van der Waals surface area contributed by atoms with Crippen molar-refractivity contribution in [2.75, 3.05) is 11.5 Å². The number of ketones is 1. The van der Waals surface area contributed by atoms with Gasteiger partial charge in [0, 0.05) is 33.9 Å². The molecule has 1 fully saturated rings. The molecule has 4 heterocycles. The second kappa shape index (κ2) is 8.07. The normalized spacial score (nSPS) is 17.6. The number of rotatable bonds is 5. The van der Waals surface area contributed by atoms with Gasteiger partial charge in [-0.1, -0.05) is 30.3 Å². The molecule has 7 nitrogen and oxygen atoms in total. The van der Waals surface area contributed by atoms with Crippen LogP contribution in [0.4, 0.5) is 0 Å². The molecular weight excluding hydrogens is 458 g/mol. The van der Waals surface area contributed by atoms with Crippen molar-refractivity contribution in [1.82, 2.24) is 14.1 Å². The first-order chi connectivity index (χ1) is 15.7. The van der Waals surface area contributed by atoms with Crippen LogP contribution in [-0.2, 0) is 16.4 Å². The molecule has 0 spiro atoms. The lowest BCUT2D eigenvalue weighted by Crippen LogP contribution is -2.25. The van der Waals surface area contributed by atoms with E-state index in [9.17, 15) is 18.0 Å². The maximum atomic E-state index is 13.3. The van der Waals surface area contributed by atoms with Gasteiger partial charge in [-0.15, -0.1) is 11.3 Å². The van der Waals surface area contributed by atoms with Crippen LogP contribution in [0.2, 0.25) is 0 Å². The van der Waals surface area contributed by atoms with Gasteiger partial charge in [-0.05, 0) is 31.9 Å². The zero-order valence-electron chi connectivity index (χ0n) is 18.3. The Morgan fingerprint density at radius 3 is 2.67 bits per heavy atom. The second-order valence-electron chi connectivity index (χ2n) is 8.51. The third kappa shape index (κ3) is 3.85. The quantitative estimate of drug-likeness (QED) is 0.405. The average molecular weight is 482 g/mol. The van der Waals surface area contributed by atoms with Crippen molar-refractivity contribution < 1.29 is 13.2 Å². The number of aromatic nitrogens is 3. The molecule has 1 unspecified atom stereocenters. The van der Waals surface area contributed by atoms with Crippen molar-refractivity contribution in [2.24, 2.45) is 0 Å². The van der Waals surface area contributed by atoms with E-state index in [-0.39, 0.29) is 35.4 Å². The molecule has 0 radical (unpaired) electrons. The van der Waals surface area contributed by atoms with E-state index in [4.69, 9.17) is 0 Å². The van der Waals surface area contributed by atoms with E-state index < -0.39 is 9.84 Å². The van der Waals surface area contributed by atoms with Gasteiger partial charge in [-0.3, -0.25) is 14.2 Å². The molecule has 170 valence electrons. The Morgan fingerprint density at radius 1 is 1.21 bits per heavy atom. The van der Waals surface area contributed by atoms with Crippen molar-refractivity contribution >= 4 is 37.2 Å². The summed E-state index contributed by atoms with van der Waals surface area (Å²) in [5, 5.41) is 2.44. The summed E-state index contributed by atoms with van der Waals surface area (Å²) in [7, 11) is -3.04. The van der Waals surface area contributed by atoms with Gasteiger partial charge in [-0.2, -0.15) is 0 Å². The van der Waals surface area contributed by atoms with Crippen LogP contribution in [-0.4, -0.2) is 39.8 Å². The van der Waals surface area contributed by atoms with Crippen molar-refractivity contribution in [3.63, 3.8) is 0 Å². The van der Waals surface area contributed by atoms with Gasteiger partial charge in [0.25, 0.3) is 5.56 Å². The third-order valence-electron chi connectivity index (χ3n) is 6.32. The van der Waals surface area contributed by atoms with Gasteiger partial charge in [-0.25, -0.2) is 13.4 Å². The molecule has 0 aliphatic carbocycles. The topological polar surface area (TPSA) is 91.0 Å². The van der Waals surface area contributed by atoms with Crippen LogP contribution >= 0.6 is 11.3 Å². The summed E-state index contributed by atoms with van der Waals surface area (Å²) in [6.07, 6.45) is 1.98. The highest BCUT2D eigenvalue weighted by atomic mass is 32.2. The van der Waals surface area contributed by atoms with Gasteiger partial charge in [0.2, 0.25) is 0 Å². The van der Waals surface area contributed by atoms with Gasteiger partial charge in [0.15, 0.2) is 15.6 Å². The summed E-state index contributed by atoms with van der Waals surface area (Å²) in [5.41, 5.74) is 3.60. The Bertz CT molecular complexity index is 1550. The van der Waals surface area contributed by atoms with Crippen LogP contribution in [0, 0.1) is 13.8 Å². The zero-order chi connectivity index (χ0) is 23.3. The minimum absolute atomic E-state index is 0.0947. The molecule has 4 aromatic rings. The first-order valence-corrected chi connectivity index (χ1v) is 13.4. The minimum Gasteiger partial charge on any atom is -0.344 e. The van der Waals surface area contributed by atoms with Crippen LogP contribution in [0.25, 0.3) is 21.3 Å². The van der Waals surface area contributed by atoms with Crippen LogP contribution in [0.15, 0.2) is 52.9 Å². The van der Waals surface area contributed by atoms with Gasteiger partial charge in [0.05, 0.1) is 29.8 Å². The van der Waals surface area contributed by atoms with Gasteiger partial charge >= 0.3 is 0 Å². The predicted molar refractivity (Wildman–Crippen MR) is 130 cm³/mol. The summed E-state index contributed by atoms with van der Waals surface area (Å²) in [6.45, 7) is 3.59. The molecule has 0 amide bonds. The first-order valence-electron chi connectivity index (χ1n) is 10.7. The fraction of sp³-hybridized carbons (Fsp3) is 0.292. The van der Waals surface area contributed by atoms with E-state index in [1.54, 1.807) is 6.07 Å². The van der Waals surface area contributed by atoms with Crippen molar-refractivity contribution in [1.29, 1.82) is 0 Å². The first kappa shape index (κ1) is 21.8. The lowest BCUT2D eigenvalue weighted by molar-refractivity contribution is 0.0970. The highest BCUT2D eigenvalue weighted by molar-refractivity contribution is 7.91. The number of thiophene rings is 1. The van der Waals surface area contributed by atoms with Crippen LogP contribution in [0.1, 0.15) is 34.2 Å². The Hall–Kier alpha value is -3.04. The van der Waals surface area contributed by atoms with Gasteiger partial charge in [0.1, 0.15) is 4.83 Å². The van der Waals surface area contributed by atoms with E-state index >= 15 is 0 Å². The highest BCUT2D eigenvalue weighted by Crippen LogP contribution is 2.31. The SMILES string of the molecule is Cc1cc(C(=O)Cn2cnc3scc(-c4ccccc4)c3c2=O)c(C)n1C1CCS(=O)(=O)C1. The monoisotopic (exact) mass is 481 g/mol. The number of nitrogens with zero attached hydrogens (tertiary/aromatic N) is 3. The number of fused-ring (bicyclic) bond motifs is 1. The maximum Gasteiger partial charge on any atom is 0.263 e. The lowest BCUT2D eigenvalue weighted by atomic mass is 10.1. The standard InChI is InChI=1S/C24H23N3O4S2/c1-15-10-19(16(2)27(15)18-8-9-33(30,31)13-18)21(28)11-26-14-25-23-22(24(26)29)20(12-32-23)17-6-4-3-5-7-17/h3-7,10,12,14,18H,8-9,11,13H2,1-2H3. The molecule has 0 N–H and O–H groups in total. The van der Waals surface area contributed by atoms with Crippen LogP contribution in [0.3, 0.4) is 0 Å².